The smallest absolute Gasteiger partial charge is 0.228 e. The minimum atomic E-state index is -0.367. The lowest BCUT2D eigenvalue weighted by Gasteiger charge is -2.12. The van der Waals surface area contributed by atoms with E-state index in [4.69, 9.17) is 21.1 Å². The maximum absolute atomic E-state index is 12.5. The standard InChI is InChI=1S/C20H21ClN2O4/c1-11-8-12(21)4-6-16(11)22-19(24)14-10-15(14)20(25)23-17-9-13(26-2)5-7-18(17)27-3/h4-9,14-15H,10H2,1-3H3,(H,22,24)(H,23,25). The molecule has 0 bridgehead atoms. The van der Waals surface area contributed by atoms with Crippen LogP contribution >= 0.6 is 11.6 Å². The lowest BCUT2D eigenvalue weighted by atomic mass is 10.2. The van der Waals surface area contributed by atoms with Crippen LogP contribution in [0.4, 0.5) is 11.4 Å². The highest BCUT2D eigenvalue weighted by atomic mass is 35.5. The van der Waals surface area contributed by atoms with E-state index in [2.05, 4.69) is 10.6 Å². The highest BCUT2D eigenvalue weighted by Gasteiger charge is 2.48. The number of rotatable bonds is 6. The Hall–Kier alpha value is -2.73. The van der Waals surface area contributed by atoms with Crippen LogP contribution in [0.2, 0.25) is 5.02 Å². The van der Waals surface area contributed by atoms with E-state index in [1.165, 1.54) is 7.11 Å². The highest BCUT2D eigenvalue weighted by Crippen LogP contribution is 2.41. The van der Waals surface area contributed by atoms with Gasteiger partial charge in [0.25, 0.3) is 0 Å². The predicted molar refractivity (Wildman–Crippen MR) is 105 cm³/mol. The molecule has 1 saturated carbocycles. The van der Waals surface area contributed by atoms with E-state index in [0.717, 1.165) is 5.56 Å². The molecule has 7 heteroatoms. The van der Waals surface area contributed by atoms with Crippen LogP contribution < -0.4 is 20.1 Å². The molecule has 1 fully saturated rings. The van der Waals surface area contributed by atoms with Gasteiger partial charge in [0.05, 0.1) is 31.7 Å². The average Bonchev–Trinajstić information content (AvgIpc) is 3.45. The van der Waals surface area contributed by atoms with Gasteiger partial charge in [-0.15, -0.1) is 0 Å². The maximum Gasteiger partial charge on any atom is 0.228 e. The molecule has 6 nitrogen and oxygen atoms in total. The van der Waals surface area contributed by atoms with Crippen LogP contribution in [0.1, 0.15) is 12.0 Å². The molecule has 0 aliphatic heterocycles. The second kappa shape index (κ2) is 7.88. The topological polar surface area (TPSA) is 76.7 Å². The van der Waals surface area contributed by atoms with Crippen molar-refractivity contribution >= 4 is 34.8 Å². The summed E-state index contributed by atoms with van der Waals surface area (Å²) in [5.41, 5.74) is 2.09. The van der Waals surface area contributed by atoms with Gasteiger partial charge in [0, 0.05) is 16.8 Å². The number of benzene rings is 2. The van der Waals surface area contributed by atoms with Gasteiger partial charge in [-0.3, -0.25) is 9.59 Å². The summed E-state index contributed by atoms with van der Waals surface area (Å²) in [7, 11) is 3.08. The van der Waals surface area contributed by atoms with Crippen LogP contribution in [0, 0.1) is 18.8 Å². The van der Waals surface area contributed by atoms with Crippen LogP contribution in [0.5, 0.6) is 11.5 Å². The quantitative estimate of drug-likeness (QED) is 0.787. The number of amides is 2. The number of hydrogen-bond donors (Lipinski definition) is 2. The van der Waals surface area contributed by atoms with Crippen LogP contribution in [0.15, 0.2) is 36.4 Å². The van der Waals surface area contributed by atoms with Crippen molar-refractivity contribution < 1.29 is 19.1 Å². The molecular weight excluding hydrogens is 368 g/mol. The zero-order chi connectivity index (χ0) is 19.6. The molecule has 0 aromatic heterocycles. The lowest BCUT2D eigenvalue weighted by Crippen LogP contribution is -2.21. The van der Waals surface area contributed by atoms with Gasteiger partial charge in [-0.05, 0) is 49.2 Å². The summed E-state index contributed by atoms with van der Waals surface area (Å²) in [6.07, 6.45) is 0.511. The van der Waals surface area contributed by atoms with Gasteiger partial charge in [0.2, 0.25) is 11.8 Å². The molecule has 2 N–H and O–H groups in total. The number of carbonyl (C=O) groups is 2. The van der Waals surface area contributed by atoms with Crippen molar-refractivity contribution in [2.75, 3.05) is 24.9 Å². The number of hydrogen-bond acceptors (Lipinski definition) is 4. The zero-order valence-corrected chi connectivity index (χ0v) is 16.1. The van der Waals surface area contributed by atoms with Gasteiger partial charge < -0.3 is 20.1 Å². The monoisotopic (exact) mass is 388 g/mol. The van der Waals surface area contributed by atoms with Gasteiger partial charge >= 0.3 is 0 Å². The molecule has 2 aromatic carbocycles. The van der Waals surface area contributed by atoms with Crippen molar-refractivity contribution in [1.29, 1.82) is 0 Å². The minimum Gasteiger partial charge on any atom is -0.497 e. The van der Waals surface area contributed by atoms with E-state index in [1.54, 1.807) is 43.5 Å². The lowest BCUT2D eigenvalue weighted by molar-refractivity contribution is -0.122. The van der Waals surface area contributed by atoms with E-state index in [0.29, 0.717) is 34.3 Å². The minimum absolute atomic E-state index is 0.168. The van der Waals surface area contributed by atoms with Crippen molar-refractivity contribution in [2.24, 2.45) is 11.8 Å². The Morgan fingerprint density at radius 3 is 2.22 bits per heavy atom. The molecule has 2 amide bonds. The normalized spacial score (nSPS) is 17.8. The Balaban J connectivity index is 1.62. The van der Waals surface area contributed by atoms with Gasteiger partial charge in [-0.1, -0.05) is 11.6 Å². The molecule has 2 atom stereocenters. The summed E-state index contributed by atoms with van der Waals surface area (Å²) in [5, 5.41) is 6.30. The fourth-order valence-corrected chi connectivity index (χ4v) is 3.13. The van der Waals surface area contributed by atoms with E-state index >= 15 is 0 Å². The van der Waals surface area contributed by atoms with Crippen molar-refractivity contribution in [3.8, 4) is 11.5 Å². The van der Waals surface area contributed by atoms with Crippen molar-refractivity contribution in [3.63, 3.8) is 0 Å². The second-order valence-corrected chi connectivity index (χ2v) is 6.89. The van der Waals surface area contributed by atoms with Gasteiger partial charge in [-0.25, -0.2) is 0 Å². The summed E-state index contributed by atoms with van der Waals surface area (Å²) >= 11 is 5.93. The molecule has 3 rings (SSSR count). The molecule has 0 spiro atoms. The number of carbonyl (C=O) groups excluding carboxylic acids is 2. The Labute approximate surface area is 162 Å². The number of ether oxygens (including phenoxy) is 2. The molecule has 27 heavy (non-hydrogen) atoms. The Morgan fingerprint density at radius 1 is 0.963 bits per heavy atom. The van der Waals surface area contributed by atoms with E-state index < -0.39 is 0 Å². The highest BCUT2D eigenvalue weighted by molar-refractivity contribution is 6.30. The van der Waals surface area contributed by atoms with Crippen LogP contribution in [-0.4, -0.2) is 26.0 Å². The molecule has 2 aromatic rings. The number of anilines is 2. The van der Waals surface area contributed by atoms with Crippen molar-refractivity contribution in [1.82, 2.24) is 0 Å². The fraction of sp³-hybridized carbons (Fsp3) is 0.300. The van der Waals surface area contributed by atoms with E-state index in [-0.39, 0.29) is 23.7 Å². The maximum atomic E-state index is 12.5. The first-order valence-electron chi connectivity index (χ1n) is 8.53. The van der Waals surface area contributed by atoms with Crippen molar-refractivity contribution in [2.45, 2.75) is 13.3 Å². The summed E-state index contributed by atoms with van der Waals surface area (Å²) in [5.74, 6) is 0.0369. The predicted octanol–water partition coefficient (Wildman–Crippen LogP) is 3.88. The Kier molecular flexibility index (Phi) is 5.56. The Bertz CT molecular complexity index is 884. The molecule has 0 heterocycles. The number of methoxy groups -OCH3 is 2. The molecular formula is C20H21ClN2O4. The molecule has 1 aliphatic carbocycles. The molecule has 0 radical (unpaired) electrons. The van der Waals surface area contributed by atoms with Crippen molar-refractivity contribution in [3.05, 3.63) is 47.0 Å². The number of aryl methyl sites for hydroxylation is 1. The molecule has 2 unspecified atom stereocenters. The summed E-state index contributed by atoms with van der Waals surface area (Å²) < 4.78 is 10.4. The van der Waals surface area contributed by atoms with Gasteiger partial charge in [0.15, 0.2) is 0 Å². The third-order valence-corrected chi connectivity index (χ3v) is 4.81. The summed E-state index contributed by atoms with van der Waals surface area (Å²) in [6, 6.07) is 10.4. The first-order valence-corrected chi connectivity index (χ1v) is 8.90. The van der Waals surface area contributed by atoms with Crippen LogP contribution in [0.3, 0.4) is 0 Å². The first-order chi connectivity index (χ1) is 12.9. The number of halogens is 1. The van der Waals surface area contributed by atoms with Gasteiger partial charge in [0.1, 0.15) is 11.5 Å². The summed E-state index contributed by atoms with van der Waals surface area (Å²) in [6.45, 7) is 1.87. The zero-order valence-electron chi connectivity index (χ0n) is 15.3. The third-order valence-electron chi connectivity index (χ3n) is 4.57. The van der Waals surface area contributed by atoms with E-state index in [9.17, 15) is 9.59 Å². The summed E-state index contributed by atoms with van der Waals surface area (Å²) in [4.78, 5) is 25.0. The SMILES string of the molecule is COc1ccc(OC)c(NC(=O)C2CC2C(=O)Nc2ccc(Cl)cc2C)c1. The van der Waals surface area contributed by atoms with Crippen LogP contribution in [0.25, 0.3) is 0 Å². The van der Waals surface area contributed by atoms with E-state index in [1.807, 2.05) is 6.92 Å². The second-order valence-electron chi connectivity index (χ2n) is 6.45. The van der Waals surface area contributed by atoms with Gasteiger partial charge in [-0.2, -0.15) is 0 Å². The fourth-order valence-electron chi connectivity index (χ4n) is 2.90. The molecule has 1 aliphatic rings. The third kappa shape index (κ3) is 4.34. The Morgan fingerprint density at radius 2 is 1.63 bits per heavy atom. The first kappa shape index (κ1) is 19.0. The van der Waals surface area contributed by atoms with Crippen LogP contribution in [-0.2, 0) is 9.59 Å². The molecule has 142 valence electrons. The molecule has 0 saturated heterocycles. The average molecular weight is 389 g/mol. The number of nitrogens with one attached hydrogen (secondary N) is 2. The largest absolute Gasteiger partial charge is 0.497 e.